The fourth-order valence-corrected chi connectivity index (χ4v) is 3.42. The van der Waals surface area contributed by atoms with Crippen molar-refractivity contribution in [3.63, 3.8) is 0 Å². The van der Waals surface area contributed by atoms with Crippen molar-refractivity contribution < 1.29 is 0 Å². The summed E-state index contributed by atoms with van der Waals surface area (Å²) in [6.45, 7) is 3.83. The molecule has 0 spiro atoms. The summed E-state index contributed by atoms with van der Waals surface area (Å²) in [4.78, 5) is 19.6. The Kier molecular flexibility index (Phi) is 4.36. The lowest BCUT2D eigenvalue weighted by atomic mass is 10.2. The number of aromatic amines is 1. The average molecular weight is 372 g/mol. The standard InChI is InChI=1S/C15H13Cl3N4O/c1-3-10-12-14(19-11(4-2)20-15(12)23)22(21-10)13-8(17)5-7(16)6-9(13)18/h5-6H,3-4H2,1-2H3,(H,19,20,23). The molecule has 0 aliphatic carbocycles. The van der Waals surface area contributed by atoms with Crippen LogP contribution in [0.15, 0.2) is 16.9 Å². The van der Waals surface area contributed by atoms with Crippen LogP contribution in [0.2, 0.25) is 15.1 Å². The van der Waals surface area contributed by atoms with Crippen molar-refractivity contribution in [2.45, 2.75) is 26.7 Å². The minimum absolute atomic E-state index is 0.212. The second kappa shape index (κ2) is 6.15. The highest BCUT2D eigenvalue weighted by atomic mass is 35.5. The van der Waals surface area contributed by atoms with Crippen molar-refractivity contribution >= 4 is 45.8 Å². The Balaban J connectivity index is 2.43. The Hall–Kier alpha value is -1.56. The van der Waals surface area contributed by atoms with Gasteiger partial charge in [-0.15, -0.1) is 0 Å². The Morgan fingerprint density at radius 1 is 1.13 bits per heavy atom. The fourth-order valence-electron chi connectivity index (χ4n) is 2.45. The van der Waals surface area contributed by atoms with Crippen LogP contribution >= 0.6 is 34.8 Å². The first-order valence-electron chi connectivity index (χ1n) is 7.12. The van der Waals surface area contributed by atoms with Crippen molar-refractivity contribution in [1.29, 1.82) is 0 Å². The Morgan fingerprint density at radius 3 is 2.35 bits per heavy atom. The lowest BCUT2D eigenvalue weighted by Crippen LogP contribution is -2.12. The second-order valence-electron chi connectivity index (χ2n) is 4.99. The van der Waals surface area contributed by atoms with Gasteiger partial charge in [0.25, 0.3) is 5.56 Å². The topological polar surface area (TPSA) is 63.6 Å². The molecule has 2 heterocycles. The number of H-pyrrole nitrogens is 1. The molecule has 2 aromatic heterocycles. The second-order valence-corrected chi connectivity index (χ2v) is 6.25. The smallest absolute Gasteiger partial charge is 0.262 e. The Morgan fingerprint density at radius 2 is 1.78 bits per heavy atom. The summed E-state index contributed by atoms with van der Waals surface area (Å²) in [7, 11) is 0. The number of benzene rings is 1. The monoisotopic (exact) mass is 370 g/mol. The van der Waals surface area contributed by atoms with E-state index in [9.17, 15) is 4.79 Å². The molecular formula is C15H13Cl3N4O. The zero-order chi connectivity index (χ0) is 16.7. The molecule has 0 saturated carbocycles. The van der Waals surface area contributed by atoms with E-state index < -0.39 is 0 Å². The number of aryl methyl sites for hydroxylation is 2. The third-order valence-electron chi connectivity index (χ3n) is 3.52. The summed E-state index contributed by atoms with van der Waals surface area (Å²) < 4.78 is 1.52. The van der Waals surface area contributed by atoms with Crippen molar-refractivity contribution in [2.75, 3.05) is 0 Å². The van der Waals surface area contributed by atoms with Gasteiger partial charge in [0.15, 0.2) is 5.65 Å². The molecule has 0 aliphatic heterocycles. The van der Waals surface area contributed by atoms with Crippen molar-refractivity contribution in [2.24, 2.45) is 0 Å². The molecule has 0 radical (unpaired) electrons. The van der Waals surface area contributed by atoms with Gasteiger partial charge in [-0.2, -0.15) is 5.10 Å². The molecule has 23 heavy (non-hydrogen) atoms. The van der Waals surface area contributed by atoms with Gasteiger partial charge in [0, 0.05) is 11.4 Å². The van der Waals surface area contributed by atoms with Gasteiger partial charge < -0.3 is 4.98 Å². The van der Waals surface area contributed by atoms with Gasteiger partial charge in [0.2, 0.25) is 0 Å². The quantitative estimate of drug-likeness (QED) is 0.750. The van der Waals surface area contributed by atoms with E-state index in [1.54, 1.807) is 12.1 Å². The van der Waals surface area contributed by atoms with Gasteiger partial charge in [-0.1, -0.05) is 48.7 Å². The van der Waals surface area contributed by atoms with E-state index in [-0.39, 0.29) is 5.56 Å². The molecule has 3 rings (SSSR count). The Bertz CT molecular complexity index is 938. The number of halogens is 3. The average Bonchev–Trinajstić information content (AvgIpc) is 2.85. The van der Waals surface area contributed by atoms with E-state index in [1.807, 2.05) is 13.8 Å². The first-order chi connectivity index (χ1) is 11.0. The molecule has 0 amide bonds. The third-order valence-corrected chi connectivity index (χ3v) is 4.32. The highest BCUT2D eigenvalue weighted by molar-refractivity contribution is 6.40. The first kappa shape index (κ1) is 16.3. The summed E-state index contributed by atoms with van der Waals surface area (Å²) in [5, 5.41) is 6.05. The molecule has 120 valence electrons. The van der Waals surface area contributed by atoms with E-state index in [0.717, 1.165) is 0 Å². The van der Waals surface area contributed by atoms with Crippen LogP contribution in [0.4, 0.5) is 0 Å². The number of rotatable bonds is 3. The predicted molar refractivity (Wildman–Crippen MR) is 93.3 cm³/mol. The highest BCUT2D eigenvalue weighted by Gasteiger charge is 2.20. The molecule has 0 saturated heterocycles. The van der Waals surface area contributed by atoms with Crippen LogP contribution in [0.1, 0.15) is 25.4 Å². The summed E-state index contributed by atoms with van der Waals surface area (Å²) >= 11 is 18.5. The van der Waals surface area contributed by atoms with E-state index in [2.05, 4.69) is 15.1 Å². The molecular weight excluding hydrogens is 359 g/mol. The van der Waals surface area contributed by atoms with Crippen LogP contribution in [0.5, 0.6) is 0 Å². The molecule has 0 aliphatic rings. The van der Waals surface area contributed by atoms with Crippen LogP contribution in [0.3, 0.4) is 0 Å². The third kappa shape index (κ3) is 2.73. The van der Waals surface area contributed by atoms with E-state index in [1.165, 1.54) is 4.68 Å². The van der Waals surface area contributed by atoms with E-state index in [0.29, 0.717) is 56.1 Å². The molecule has 8 heteroatoms. The predicted octanol–water partition coefficient (Wildman–Crippen LogP) is 4.19. The number of fused-ring (bicyclic) bond motifs is 1. The van der Waals surface area contributed by atoms with Crippen molar-refractivity contribution in [3.8, 4) is 5.69 Å². The van der Waals surface area contributed by atoms with Crippen LogP contribution in [-0.4, -0.2) is 19.7 Å². The maximum Gasteiger partial charge on any atom is 0.262 e. The van der Waals surface area contributed by atoms with Gasteiger partial charge in [0.1, 0.15) is 16.9 Å². The maximum atomic E-state index is 12.4. The van der Waals surface area contributed by atoms with E-state index in [4.69, 9.17) is 34.8 Å². The van der Waals surface area contributed by atoms with E-state index >= 15 is 0 Å². The number of nitrogens with zero attached hydrogens (tertiary/aromatic N) is 3. The van der Waals surface area contributed by atoms with Crippen LogP contribution in [-0.2, 0) is 12.8 Å². The molecule has 5 nitrogen and oxygen atoms in total. The molecule has 1 N–H and O–H groups in total. The summed E-state index contributed by atoms with van der Waals surface area (Å²) in [5.74, 6) is 0.576. The van der Waals surface area contributed by atoms with Crippen molar-refractivity contribution in [3.05, 3.63) is 49.1 Å². The largest absolute Gasteiger partial charge is 0.310 e. The molecule has 0 bridgehead atoms. The van der Waals surface area contributed by atoms with Gasteiger partial charge in [-0.05, 0) is 18.6 Å². The van der Waals surface area contributed by atoms with Gasteiger partial charge in [-0.3, -0.25) is 4.79 Å². The van der Waals surface area contributed by atoms with Gasteiger partial charge >= 0.3 is 0 Å². The zero-order valence-corrected chi connectivity index (χ0v) is 14.7. The molecule has 0 unspecified atom stereocenters. The lowest BCUT2D eigenvalue weighted by Gasteiger charge is -2.09. The van der Waals surface area contributed by atoms with Gasteiger partial charge in [-0.25, -0.2) is 9.67 Å². The molecule has 0 fully saturated rings. The highest BCUT2D eigenvalue weighted by Crippen LogP contribution is 2.33. The molecule has 0 atom stereocenters. The number of hydrogen-bond acceptors (Lipinski definition) is 3. The minimum atomic E-state index is -0.212. The number of hydrogen-bond donors (Lipinski definition) is 1. The van der Waals surface area contributed by atoms with Crippen LogP contribution < -0.4 is 5.56 Å². The van der Waals surface area contributed by atoms with Crippen LogP contribution in [0.25, 0.3) is 16.7 Å². The zero-order valence-electron chi connectivity index (χ0n) is 12.5. The summed E-state index contributed by atoms with van der Waals surface area (Å²) in [6, 6.07) is 3.16. The maximum absolute atomic E-state index is 12.4. The fraction of sp³-hybridized carbons (Fsp3) is 0.267. The van der Waals surface area contributed by atoms with Crippen molar-refractivity contribution in [1.82, 2.24) is 19.7 Å². The Labute approximate surface area is 147 Å². The SMILES string of the molecule is CCc1nc2c(c(CC)nn2-c2c(Cl)cc(Cl)cc2Cl)c(=O)[nH]1. The first-order valence-corrected chi connectivity index (χ1v) is 8.25. The molecule has 3 aromatic rings. The summed E-state index contributed by atoms with van der Waals surface area (Å²) in [5.41, 5.74) is 1.32. The van der Waals surface area contributed by atoms with Gasteiger partial charge in [0.05, 0.1) is 15.7 Å². The number of aromatic nitrogens is 4. The molecule has 1 aromatic carbocycles. The normalized spacial score (nSPS) is 11.3. The lowest BCUT2D eigenvalue weighted by molar-refractivity contribution is 0.846. The minimum Gasteiger partial charge on any atom is -0.310 e. The number of nitrogens with one attached hydrogen (secondary N) is 1. The van der Waals surface area contributed by atoms with Crippen LogP contribution in [0, 0.1) is 0 Å². The summed E-state index contributed by atoms with van der Waals surface area (Å²) in [6.07, 6.45) is 1.18.